The molecule has 0 saturated heterocycles. The fourth-order valence-corrected chi connectivity index (χ4v) is 2.80. The average Bonchev–Trinajstić information content (AvgIpc) is 2.66. The third-order valence-corrected chi connectivity index (χ3v) is 3.66. The van der Waals surface area contributed by atoms with E-state index in [1.54, 1.807) is 18.6 Å². The first-order valence-corrected chi connectivity index (χ1v) is 6.34. The Balaban J connectivity index is 2.24. The van der Waals surface area contributed by atoms with Gasteiger partial charge < -0.3 is 4.57 Å². The normalized spacial score (nSPS) is 10.9. The maximum atomic E-state index is 4.32. The number of fused-ring (bicyclic) bond motifs is 1. The van der Waals surface area contributed by atoms with Crippen LogP contribution in [0.2, 0.25) is 0 Å². The highest BCUT2D eigenvalue weighted by molar-refractivity contribution is 14.1. The Kier molecular flexibility index (Phi) is 2.58. The Morgan fingerprint density at radius 2 is 2.12 bits per heavy atom. The molecule has 0 saturated carbocycles. The lowest BCUT2D eigenvalue weighted by molar-refractivity contribution is 0.966. The standard InChI is InChI=1S/C13H10IN3/c1-17-8-11(14)10-6-9(2-3-13(10)17)12-7-15-4-5-16-12/h2-8H,1H3. The van der Waals surface area contributed by atoms with Gasteiger partial charge in [0.1, 0.15) is 0 Å². The zero-order valence-electron chi connectivity index (χ0n) is 9.26. The van der Waals surface area contributed by atoms with E-state index in [1.807, 2.05) is 0 Å². The van der Waals surface area contributed by atoms with Crippen LogP contribution in [0, 0.1) is 3.57 Å². The molecule has 1 aromatic carbocycles. The average molecular weight is 335 g/mol. The van der Waals surface area contributed by atoms with E-state index < -0.39 is 0 Å². The van der Waals surface area contributed by atoms with Crippen LogP contribution in [0.1, 0.15) is 0 Å². The number of nitrogens with zero attached hydrogens (tertiary/aromatic N) is 3. The van der Waals surface area contributed by atoms with Gasteiger partial charge in [-0.2, -0.15) is 0 Å². The van der Waals surface area contributed by atoms with Crippen molar-refractivity contribution in [3.05, 3.63) is 46.6 Å². The maximum absolute atomic E-state index is 4.32. The molecule has 84 valence electrons. The quantitative estimate of drug-likeness (QED) is 0.639. The molecule has 0 unspecified atom stereocenters. The fourth-order valence-electron chi connectivity index (χ4n) is 1.95. The highest BCUT2D eigenvalue weighted by Gasteiger charge is 2.06. The van der Waals surface area contributed by atoms with Crippen molar-refractivity contribution in [2.75, 3.05) is 0 Å². The smallest absolute Gasteiger partial charge is 0.0885 e. The molecule has 0 radical (unpaired) electrons. The molecule has 0 N–H and O–H groups in total. The zero-order chi connectivity index (χ0) is 11.8. The Morgan fingerprint density at radius 3 is 2.88 bits per heavy atom. The van der Waals surface area contributed by atoms with E-state index >= 15 is 0 Å². The van der Waals surface area contributed by atoms with Gasteiger partial charge in [-0.3, -0.25) is 9.97 Å². The number of aryl methyl sites for hydroxylation is 1. The molecule has 3 nitrogen and oxygen atoms in total. The molecule has 3 aromatic rings. The minimum Gasteiger partial charge on any atom is -0.349 e. The molecular weight excluding hydrogens is 325 g/mol. The molecule has 0 aliphatic heterocycles. The summed E-state index contributed by atoms with van der Waals surface area (Å²) in [5.41, 5.74) is 3.26. The van der Waals surface area contributed by atoms with E-state index in [2.05, 4.69) is 68.6 Å². The first-order chi connectivity index (χ1) is 8.25. The lowest BCUT2D eigenvalue weighted by atomic mass is 10.1. The molecule has 0 aliphatic carbocycles. The third-order valence-electron chi connectivity index (χ3n) is 2.80. The SMILES string of the molecule is Cn1cc(I)c2cc(-c3cnccn3)ccc21. The van der Waals surface area contributed by atoms with Crippen LogP contribution in [0.25, 0.3) is 22.2 Å². The van der Waals surface area contributed by atoms with Gasteiger partial charge in [-0.15, -0.1) is 0 Å². The second-order valence-electron chi connectivity index (χ2n) is 3.91. The van der Waals surface area contributed by atoms with E-state index in [4.69, 9.17) is 0 Å². The lowest BCUT2D eigenvalue weighted by Gasteiger charge is -2.01. The fraction of sp³-hybridized carbons (Fsp3) is 0.0769. The molecule has 0 amide bonds. The molecule has 2 heterocycles. The van der Waals surface area contributed by atoms with Crippen molar-refractivity contribution in [2.45, 2.75) is 0 Å². The van der Waals surface area contributed by atoms with Gasteiger partial charge in [-0.25, -0.2) is 0 Å². The second-order valence-corrected chi connectivity index (χ2v) is 5.07. The summed E-state index contributed by atoms with van der Waals surface area (Å²) < 4.78 is 3.39. The van der Waals surface area contributed by atoms with E-state index in [0.717, 1.165) is 11.3 Å². The van der Waals surface area contributed by atoms with Crippen molar-refractivity contribution in [3.63, 3.8) is 0 Å². The Labute approximate surface area is 113 Å². The van der Waals surface area contributed by atoms with Crippen LogP contribution in [0.4, 0.5) is 0 Å². The predicted octanol–water partition coefficient (Wildman–Crippen LogP) is 3.24. The van der Waals surface area contributed by atoms with Gasteiger partial charge in [0.2, 0.25) is 0 Å². The molecule has 0 aliphatic rings. The van der Waals surface area contributed by atoms with Gasteiger partial charge in [0.05, 0.1) is 11.9 Å². The summed E-state index contributed by atoms with van der Waals surface area (Å²) in [6, 6.07) is 6.38. The van der Waals surface area contributed by atoms with E-state index in [1.165, 1.54) is 14.5 Å². The number of hydrogen-bond acceptors (Lipinski definition) is 2. The molecule has 0 bridgehead atoms. The van der Waals surface area contributed by atoms with Crippen molar-refractivity contribution in [1.82, 2.24) is 14.5 Å². The molecule has 2 aromatic heterocycles. The van der Waals surface area contributed by atoms with Crippen LogP contribution in [0.5, 0.6) is 0 Å². The first kappa shape index (κ1) is 10.7. The van der Waals surface area contributed by atoms with Crippen molar-refractivity contribution >= 4 is 33.5 Å². The minimum atomic E-state index is 0.911. The topological polar surface area (TPSA) is 30.7 Å². The Bertz CT molecular complexity index is 674. The molecule has 0 atom stereocenters. The van der Waals surface area contributed by atoms with Crippen molar-refractivity contribution in [1.29, 1.82) is 0 Å². The van der Waals surface area contributed by atoms with Crippen LogP contribution in [0.15, 0.2) is 43.0 Å². The molecule has 4 heteroatoms. The van der Waals surface area contributed by atoms with Crippen molar-refractivity contribution < 1.29 is 0 Å². The number of aromatic nitrogens is 3. The lowest BCUT2D eigenvalue weighted by Crippen LogP contribution is -1.86. The summed E-state index contributed by atoms with van der Waals surface area (Å²) in [4.78, 5) is 8.42. The number of benzene rings is 1. The van der Waals surface area contributed by atoms with Gasteiger partial charge in [0.25, 0.3) is 0 Å². The summed E-state index contributed by atoms with van der Waals surface area (Å²) in [6.45, 7) is 0. The number of rotatable bonds is 1. The molecular formula is C13H10IN3. The van der Waals surface area contributed by atoms with Gasteiger partial charge in [-0.05, 0) is 34.7 Å². The number of hydrogen-bond donors (Lipinski definition) is 0. The van der Waals surface area contributed by atoms with Crippen LogP contribution in [-0.4, -0.2) is 14.5 Å². The monoisotopic (exact) mass is 335 g/mol. The maximum Gasteiger partial charge on any atom is 0.0885 e. The largest absolute Gasteiger partial charge is 0.349 e. The molecule has 3 rings (SSSR count). The summed E-state index contributed by atoms with van der Waals surface area (Å²) in [7, 11) is 2.06. The molecule has 17 heavy (non-hydrogen) atoms. The third kappa shape index (κ3) is 1.82. The zero-order valence-corrected chi connectivity index (χ0v) is 11.4. The van der Waals surface area contributed by atoms with Crippen LogP contribution < -0.4 is 0 Å². The summed E-state index contributed by atoms with van der Waals surface area (Å²) >= 11 is 2.36. The first-order valence-electron chi connectivity index (χ1n) is 5.26. The summed E-state index contributed by atoms with van der Waals surface area (Å²) in [6.07, 6.45) is 7.33. The summed E-state index contributed by atoms with van der Waals surface area (Å²) in [5.74, 6) is 0. The second kappa shape index (κ2) is 4.10. The van der Waals surface area contributed by atoms with Gasteiger partial charge in [-0.1, -0.05) is 6.07 Å². The highest BCUT2D eigenvalue weighted by atomic mass is 127. The summed E-state index contributed by atoms with van der Waals surface area (Å²) in [5, 5.41) is 1.26. The van der Waals surface area contributed by atoms with Gasteiger partial charge in [0, 0.05) is 45.7 Å². The van der Waals surface area contributed by atoms with Crippen molar-refractivity contribution in [3.8, 4) is 11.3 Å². The van der Waals surface area contributed by atoms with Crippen LogP contribution in [-0.2, 0) is 7.05 Å². The van der Waals surface area contributed by atoms with Gasteiger partial charge >= 0.3 is 0 Å². The van der Waals surface area contributed by atoms with Crippen LogP contribution >= 0.6 is 22.6 Å². The van der Waals surface area contributed by atoms with E-state index in [0.29, 0.717) is 0 Å². The van der Waals surface area contributed by atoms with Crippen LogP contribution in [0.3, 0.4) is 0 Å². The highest BCUT2D eigenvalue weighted by Crippen LogP contribution is 2.27. The molecule has 0 fully saturated rings. The Hall–Kier alpha value is -1.43. The van der Waals surface area contributed by atoms with Crippen molar-refractivity contribution in [2.24, 2.45) is 7.05 Å². The number of halogens is 1. The van der Waals surface area contributed by atoms with E-state index in [-0.39, 0.29) is 0 Å². The molecule has 0 spiro atoms. The van der Waals surface area contributed by atoms with Gasteiger partial charge in [0.15, 0.2) is 0 Å². The minimum absolute atomic E-state index is 0.911. The van der Waals surface area contributed by atoms with E-state index in [9.17, 15) is 0 Å². The predicted molar refractivity (Wildman–Crippen MR) is 76.7 cm³/mol. The Morgan fingerprint density at radius 1 is 1.24 bits per heavy atom.